The van der Waals surface area contributed by atoms with Crippen LogP contribution in [0.25, 0.3) is 0 Å². The molecule has 0 atom stereocenters. The molecule has 1 aromatic rings. The molecular weight excluding hydrogens is 344 g/mol. The van der Waals surface area contributed by atoms with Crippen molar-refractivity contribution in [1.29, 1.82) is 0 Å². The third kappa shape index (κ3) is 9.87. The van der Waals surface area contributed by atoms with Crippen LogP contribution in [0.2, 0.25) is 0 Å². The fourth-order valence-electron chi connectivity index (χ4n) is 2.31. The van der Waals surface area contributed by atoms with Crippen LogP contribution >= 0.6 is 0 Å². The zero-order valence-electron chi connectivity index (χ0n) is 17.9. The van der Waals surface area contributed by atoms with E-state index in [4.69, 9.17) is 9.47 Å². The number of rotatable bonds is 5. The number of nitrogens with one attached hydrogen (secondary N) is 2. The molecule has 0 unspecified atom stereocenters. The average Bonchev–Trinajstić information content (AvgIpc) is 2.47. The van der Waals surface area contributed by atoms with E-state index in [0.717, 1.165) is 16.7 Å². The lowest BCUT2D eigenvalue weighted by atomic mass is 9.97. The summed E-state index contributed by atoms with van der Waals surface area (Å²) < 4.78 is 10.5. The number of carbonyl (C=O) groups excluding carboxylic acids is 2. The molecule has 6 heteroatoms. The van der Waals surface area contributed by atoms with Gasteiger partial charge >= 0.3 is 12.2 Å². The van der Waals surface area contributed by atoms with Gasteiger partial charge in [-0.25, -0.2) is 9.59 Å². The molecule has 1 rings (SSSR count). The Labute approximate surface area is 163 Å². The van der Waals surface area contributed by atoms with E-state index in [2.05, 4.69) is 36.6 Å². The van der Waals surface area contributed by atoms with Crippen LogP contribution in [0.1, 0.15) is 78.0 Å². The van der Waals surface area contributed by atoms with E-state index in [0.29, 0.717) is 19.0 Å². The molecule has 152 valence electrons. The van der Waals surface area contributed by atoms with Crippen LogP contribution in [-0.4, -0.2) is 23.4 Å². The SMILES string of the molecule is CC(C)c1cc(CNC(=O)OC(C)(C)C)cc(CNC(=O)OC(C)(C)C)c1. The average molecular weight is 379 g/mol. The Hall–Kier alpha value is -2.24. The molecule has 0 saturated carbocycles. The van der Waals surface area contributed by atoms with Gasteiger partial charge in [-0.2, -0.15) is 0 Å². The van der Waals surface area contributed by atoms with Crippen LogP contribution in [0.4, 0.5) is 9.59 Å². The van der Waals surface area contributed by atoms with Gasteiger partial charge in [0.05, 0.1) is 0 Å². The second-order valence-electron chi connectivity index (χ2n) is 8.95. The van der Waals surface area contributed by atoms with Crippen LogP contribution < -0.4 is 10.6 Å². The summed E-state index contributed by atoms with van der Waals surface area (Å²) in [6, 6.07) is 6.07. The van der Waals surface area contributed by atoms with Crippen molar-refractivity contribution in [2.24, 2.45) is 0 Å². The van der Waals surface area contributed by atoms with Crippen molar-refractivity contribution in [2.75, 3.05) is 0 Å². The minimum atomic E-state index is -0.535. The summed E-state index contributed by atoms with van der Waals surface area (Å²) in [5.74, 6) is 0.326. The first-order valence-corrected chi connectivity index (χ1v) is 9.31. The molecule has 0 heterocycles. The Morgan fingerprint density at radius 2 is 1.19 bits per heavy atom. The van der Waals surface area contributed by atoms with Crippen molar-refractivity contribution in [2.45, 2.75) is 85.6 Å². The Bertz CT molecular complexity index is 605. The minimum absolute atomic E-state index is 0.326. The fraction of sp³-hybridized carbons (Fsp3) is 0.619. The second kappa shape index (κ2) is 9.11. The maximum Gasteiger partial charge on any atom is 0.407 e. The van der Waals surface area contributed by atoms with Crippen LogP contribution in [0.15, 0.2) is 18.2 Å². The first-order chi connectivity index (χ1) is 12.2. The smallest absolute Gasteiger partial charge is 0.407 e. The topological polar surface area (TPSA) is 76.7 Å². The Morgan fingerprint density at radius 1 is 0.815 bits per heavy atom. The number of amides is 2. The number of hydrogen-bond acceptors (Lipinski definition) is 4. The van der Waals surface area contributed by atoms with Gasteiger partial charge in [0.15, 0.2) is 0 Å². The molecule has 0 spiro atoms. The predicted octanol–water partition coefficient (Wildman–Crippen LogP) is 4.86. The van der Waals surface area contributed by atoms with Gasteiger partial charge in [-0.05, 0) is 64.2 Å². The normalized spacial score (nSPS) is 11.9. The molecular formula is C21H34N2O4. The third-order valence-electron chi connectivity index (χ3n) is 3.41. The summed E-state index contributed by atoms with van der Waals surface area (Å²) >= 11 is 0. The largest absolute Gasteiger partial charge is 0.444 e. The van der Waals surface area contributed by atoms with Gasteiger partial charge in [-0.3, -0.25) is 0 Å². The number of benzene rings is 1. The van der Waals surface area contributed by atoms with Gasteiger partial charge in [-0.1, -0.05) is 32.0 Å². The molecule has 6 nitrogen and oxygen atoms in total. The quantitative estimate of drug-likeness (QED) is 0.767. The van der Waals surface area contributed by atoms with Crippen molar-refractivity contribution in [3.63, 3.8) is 0 Å². The molecule has 0 aliphatic heterocycles. The number of ether oxygens (including phenoxy) is 2. The lowest BCUT2D eigenvalue weighted by Gasteiger charge is -2.20. The van der Waals surface area contributed by atoms with Gasteiger partial charge < -0.3 is 20.1 Å². The highest BCUT2D eigenvalue weighted by Crippen LogP contribution is 2.19. The van der Waals surface area contributed by atoms with Crippen molar-refractivity contribution in [3.8, 4) is 0 Å². The van der Waals surface area contributed by atoms with Crippen molar-refractivity contribution in [1.82, 2.24) is 10.6 Å². The van der Waals surface area contributed by atoms with Gasteiger partial charge in [0.25, 0.3) is 0 Å². The van der Waals surface area contributed by atoms with Gasteiger partial charge in [0.1, 0.15) is 11.2 Å². The molecule has 27 heavy (non-hydrogen) atoms. The van der Waals surface area contributed by atoms with Crippen molar-refractivity contribution in [3.05, 3.63) is 34.9 Å². The van der Waals surface area contributed by atoms with Crippen LogP contribution in [0, 0.1) is 0 Å². The first-order valence-electron chi connectivity index (χ1n) is 9.31. The van der Waals surface area contributed by atoms with Gasteiger partial charge in [0, 0.05) is 13.1 Å². The molecule has 0 radical (unpaired) electrons. The first kappa shape index (κ1) is 22.8. The molecule has 0 bridgehead atoms. The Balaban J connectivity index is 2.79. The van der Waals surface area contributed by atoms with Crippen LogP contribution in [-0.2, 0) is 22.6 Å². The van der Waals surface area contributed by atoms with Crippen LogP contribution in [0.5, 0.6) is 0 Å². The summed E-state index contributed by atoms with van der Waals surface area (Å²) in [7, 11) is 0. The lowest BCUT2D eigenvalue weighted by molar-refractivity contribution is 0.0513. The molecule has 0 aliphatic rings. The van der Waals surface area contributed by atoms with Crippen molar-refractivity contribution < 1.29 is 19.1 Å². The Kier molecular flexibility index (Phi) is 7.69. The van der Waals surface area contributed by atoms with E-state index >= 15 is 0 Å². The highest BCUT2D eigenvalue weighted by Gasteiger charge is 2.17. The molecule has 2 amide bonds. The minimum Gasteiger partial charge on any atom is -0.444 e. The van der Waals surface area contributed by atoms with Crippen molar-refractivity contribution >= 4 is 12.2 Å². The van der Waals surface area contributed by atoms with E-state index in [1.807, 2.05) is 47.6 Å². The standard InChI is InChI=1S/C21H34N2O4/c1-14(2)17-10-15(12-22-18(24)26-20(3,4)5)9-16(11-17)13-23-19(25)27-21(6,7)8/h9-11,14H,12-13H2,1-8H3,(H,22,24)(H,23,25). The van der Waals surface area contributed by atoms with Crippen LogP contribution in [0.3, 0.4) is 0 Å². The summed E-state index contributed by atoms with van der Waals surface area (Å²) in [4.78, 5) is 23.8. The molecule has 0 fully saturated rings. The molecule has 0 aromatic heterocycles. The second-order valence-corrected chi connectivity index (χ2v) is 8.95. The molecule has 1 aromatic carbocycles. The number of alkyl carbamates (subject to hydrolysis) is 2. The Morgan fingerprint density at radius 3 is 1.48 bits per heavy atom. The monoisotopic (exact) mass is 378 g/mol. The summed E-state index contributed by atoms with van der Waals surface area (Å²) in [5, 5.41) is 5.54. The fourth-order valence-corrected chi connectivity index (χ4v) is 2.31. The summed E-state index contributed by atoms with van der Waals surface area (Å²) in [5.41, 5.74) is 1.97. The highest BCUT2D eigenvalue weighted by molar-refractivity contribution is 5.68. The highest BCUT2D eigenvalue weighted by atomic mass is 16.6. The third-order valence-corrected chi connectivity index (χ3v) is 3.41. The zero-order chi connectivity index (χ0) is 20.8. The predicted molar refractivity (Wildman–Crippen MR) is 107 cm³/mol. The zero-order valence-corrected chi connectivity index (χ0v) is 17.9. The molecule has 0 saturated heterocycles. The van der Waals surface area contributed by atoms with E-state index in [1.165, 1.54) is 0 Å². The maximum atomic E-state index is 11.9. The number of carbonyl (C=O) groups is 2. The molecule has 0 aliphatic carbocycles. The summed E-state index contributed by atoms with van der Waals surface area (Å²) in [6.07, 6.45) is -0.906. The van der Waals surface area contributed by atoms with E-state index in [-0.39, 0.29) is 0 Å². The van der Waals surface area contributed by atoms with E-state index in [9.17, 15) is 9.59 Å². The van der Waals surface area contributed by atoms with Gasteiger partial charge in [-0.15, -0.1) is 0 Å². The maximum absolute atomic E-state index is 11.9. The number of hydrogen-bond donors (Lipinski definition) is 2. The van der Waals surface area contributed by atoms with E-state index in [1.54, 1.807) is 0 Å². The van der Waals surface area contributed by atoms with Gasteiger partial charge in [0.2, 0.25) is 0 Å². The van der Waals surface area contributed by atoms with E-state index < -0.39 is 23.4 Å². The summed E-state index contributed by atoms with van der Waals surface area (Å²) in [6.45, 7) is 15.9. The lowest BCUT2D eigenvalue weighted by Crippen LogP contribution is -2.32. The molecule has 2 N–H and O–H groups in total.